The van der Waals surface area contributed by atoms with Gasteiger partial charge >= 0.3 is 6.03 Å². The van der Waals surface area contributed by atoms with Gasteiger partial charge in [-0.2, -0.15) is 0 Å². The third-order valence-electron chi connectivity index (χ3n) is 3.30. The minimum absolute atomic E-state index is 0.00237. The molecule has 2 rings (SSSR count). The van der Waals surface area contributed by atoms with Crippen molar-refractivity contribution in [1.29, 1.82) is 0 Å². The molecule has 0 saturated heterocycles. The van der Waals surface area contributed by atoms with Gasteiger partial charge in [0.1, 0.15) is 5.75 Å². The molecule has 0 fully saturated rings. The monoisotopic (exact) mass is 248 g/mol. The topological polar surface area (TPSA) is 52.6 Å². The number of rotatable bonds is 3. The summed E-state index contributed by atoms with van der Waals surface area (Å²) in [5.41, 5.74) is 2.28. The molecule has 0 unspecified atom stereocenters. The van der Waals surface area contributed by atoms with Crippen molar-refractivity contribution in [3.8, 4) is 5.75 Å². The van der Waals surface area contributed by atoms with Crippen LogP contribution in [0.2, 0.25) is 0 Å². The Hall–Kier alpha value is -1.71. The average Bonchev–Trinajstić information content (AvgIpc) is 2.38. The number of aromatic hydroxyl groups is 1. The molecule has 0 bridgehead atoms. The van der Waals surface area contributed by atoms with Crippen LogP contribution in [0.3, 0.4) is 0 Å². The summed E-state index contributed by atoms with van der Waals surface area (Å²) in [6.45, 7) is 4.17. The summed E-state index contributed by atoms with van der Waals surface area (Å²) < 4.78 is 0. The van der Waals surface area contributed by atoms with E-state index >= 15 is 0 Å². The Labute approximate surface area is 108 Å². The summed E-state index contributed by atoms with van der Waals surface area (Å²) in [7, 11) is 0. The van der Waals surface area contributed by atoms with Crippen molar-refractivity contribution >= 4 is 6.03 Å². The quantitative estimate of drug-likeness (QED) is 0.806. The summed E-state index contributed by atoms with van der Waals surface area (Å²) in [4.78, 5) is 13.7. The number of benzene rings is 1. The van der Waals surface area contributed by atoms with Crippen molar-refractivity contribution in [3.63, 3.8) is 0 Å². The van der Waals surface area contributed by atoms with Crippen LogP contribution in [0.4, 0.5) is 4.79 Å². The first-order chi connectivity index (χ1) is 8.70. The van der Waals surface area contributed by atoms with Crippen LogP contribution in [0.5, 0.6) is 5.75 Å². The highest BCUT2D eigenvalue weighted by Gasteiger charge is 2.20. The van der Waals surface area contributed by atoms with Gasteiger partial charge in [-0.05, 0) is 36.1 Å². The van der Waals surface area contributed by atoms with E-state index in [4.69, 9.17) is 0 Å². The molecule has 1 heterocycles. The lowest BCUT2D eigenvalue weighted by atomic mass is 10.00. The molecular formula is C14H20N2O2. The van der Waals surface area contributed by atoms with Gasteiger partial charge in [0, 0.05) is 19.6 Å². The van der Waals surface area contributed by atoms with Crippen molar-refractivity contribution in [2.45, 2.75) is 32.7 Å². The van der Waals surface area contributed by atoms with Gasteiger partial charge in [0.05, 0.1) is 0 Å². The first-order valence-electron chi connectivity index (χ1n) is 6.54. The number of phenolic OH excluding ortho intramolecular Hbond substituents is 1. The second-order valence-electron chi connectivity index (χ2n) is 4.71. The number of fused-ring (bicyclic) bond motifs is 1. The van der Waals surface area contributed by atoms with Gasteiger partial charge in [0.15, 0.2) is 0 Å². The number of nitrogens with one attached hydrogen (secondary N) is 1. The second kappa shape index (κ2) is 5.76. The number of carbonyl (C=O) groups excluding carboxylic acids is 1. The van der Waals surface area contributed by atoms with Gasteiger partial charge in [-0.1, -0.05) is 19.4 Å². The van der Waals surface area contributed by atoms with E-state index in [-0.39, 0.29) is 11.8 Å². The molecule has 1 aliphatic rings. The number of phenols is 1. The first-order valence-corrected chi connectivity index (χ1v) is 6.54. The third-order valence-corrected chi connectivity index (χ3v) is 3.30. The molecule has 4 heteroatoms. The predicted molar refractivity (Wildman–Crippen MR) is 70.5 cm³/mol. The van der Waals surface area contributed by atoms with Crippen molar-refractivity contribution in [2.24, 2.45) is 0 Å². The summed E-state index contributed by atoms with van der Waals surface area (Å²) >= 11 is 0. The minimum atomic E-state index is -0.00237. The minimum Gasteiger partial charge on any atom is -0.508 e. The molecule has 0 spiro atoms. The van der Waals surface area contributed by atoms with Crippen LogP contribution >= 0.6 is 0 Å². The smallest absolute Gasteiger partial charge is 0.317 e. The molecule has 2 N–H and O–H groups in total. The zero-order valence-electron chi connectivity index (χ0n) is 10.8. The molecule has 1 aromatic carbocycles. The fourth-order valence-corrected chi connectivity index (χ4v) is 2.20. The molecule has 2 amide bonds. The molecule has 1 aliphatic heterocycles. The van der Waals surface area contributed by atoms with Gasteiger partial charge in [-0.15, -0.1) is 0 Å². The molecule has 1 aromatic rings. The Balaban J connectivity index is 1.96. The van der Waals surface area contributed by atoms with Gasteiger partial charge in [-0.3, -0.25) is 0 Å². The normalized spacial score (nSPS) is 14.2. The number of urea groups is 1. The number of hydrogen-bond donors (Lipinski definition) is 2. The largest absolute Gasteiger partial charge is 0.508 e. The molecule has 0 saturated carbocycles. The summed E-state index contributed by atoms with van der Waals surface area (Å²) in [6.07, 6.45) is 2.95. The lowest BCUT2D eigenvalue weighted by Crippen LogP contribution is -2.43. The van der Waals surface area contributed by atoms with E-state index in [1.54, 1.807) is 17.0 Å². The highest BCUT2D eigenvalue weighted by molar-refractivity contribution is 5.74. The Morgan fingerprint density at radius 2 is 2.28 bits per heavy atom. The van der Waals surface area contributed by atoms with Crippen LogP contribution < -0.4 is 5.32 Å². The van der Waals surface area contributed by atoms with E-state index in [1.165, 1.54) is 5.56 Å². The highest BCUT2D eigenvalue weighted by Crippen LogP contribution is 2.22. The molecule has 18 heavy (non-hydrogen) atoms. The van der Waals surface area contributed by atoms with Crippen molar-refractivity contribution in [2.75, 3.05) is 13.1 Å². The SMILES string of the molecule is CCCCNC(=O)N1CCc2ccc(O)cc2C1. The number of carbonyl (C=O) groups is 1. The lowest BCUT2D eigenvalue weighted by Gasteiger charge is -2.29. The van der Waals surface area contributed by atoms with Crippen LogP contribution in [-0.2, 0) is 13.0 Å². The van der Waals surface area contributed by atoms with E-state index in [0.29, 0.717) is 6.54 Å². The highest BCUT2D eigenvalue weighted by atomic mass is 16.3. The van der Waals surface area contributed by atoms with Gasteiger partial charge in [-0.25, -0.2) is 4.79 Å². The number of nitrogens with zero attached hydrogens (tertiary/aromatic N) is 1. The molecule has 0 aliphatic carbocycles. The van der Waals surface area contributed by atoms with Crippen LogP contribution in [-0.4, -0.2) is 29.1 Å². The molecule has 4 nitrogen and oxygen atoms in total. The fraction of sp³-hybridized carbons (Fsp3) is 0.500. The Bertz CT molecular complexity index is 432. The molecule has 98 valence electrons. The summed E-state index contributed by atoms with van der Waals surface area (Å²) in [6, 6.07) is 5.39. The number of amides is 2. The van der Waals surface area contributed by atoms with Gasteiger partial charge in [0.2, 0.25) is 0 Å². The average molecular weight is 248 g/mol. The van der Waals surface area contributed by atoms with E-state index in [9.17, 15) is 9.90 Å². The Morgan fingerprint density at radius 1 is 1.44 bits per heavy atom. The van der Waals surface area contributed by atoms with E-state index in [2.05, 4.69) is 12.2 Å². The Morgan fingerprint density at radius 3 is 3.06 bits per heavy atom. The van der Waals surface area contributed by atoms with E-state index in [0.717, 1.165) is 37.9 Å². The van der Waals surface area contributed by atoms with Crippen molar-refractivity contribution in [1.82, 2.24) is 10.2 Å². The van der Waals surface area contributed by atoms with E-state index < -0.39 is 0 Å². The van der Waals surface area contributed by atoms with Crippen molar-refractivity contribution < 1.29 is 9.90 Å². The van der Waals surface area contributed by atoms with Crippen LogP contribution in [0, 0.1) is 0 Å². The maximum Gasteiger partial charge on any atom is 0.317 e. The van der Waals surface area contributed by atoms with Crippen LogP contribution in [0.25, 0.3) is 0 Å². The third kappa shape index (κ3) is 2.94. The molecule has 0 radical (unpaired) electrons. The zero-order valence-corrected chi connectivity index (χ0v) is 10.8. The molecule has 0 aromatic heterocycles. The summed E-state index contributed by atoms with van der Waals surface area (Å²) in [5.74, 6) is 0.266. The lowest BCUT2D eigenvalue weighted by molar-refractivity contribution is 0.192. The predicted octanol–water partition coefficient (Wildman–Crippen LogP) is 2.26. The maximum atomic E-state index is 11.9. The second-order valence-corrected chi connectivity index (χ2v) is 4.71. The van der Waals surface area contributed by atoms with Gasteiger partial charge in [0.25, 0.3) is 0 Å². The fourth-order valence-electron chi connectivity index (χ4n) is 2.20. The van der Waals surface area contributed by atoms with Gasteiger partial charge < -0.3 is 15.3 Å². The standard InChI is InChI=1S/C14H20N2O2/c1-2-3-7-15-14(18)16-8-6-11-4-5-13(17)9-12(11)10-16/h4-5,9,17H,2-3,6-8,10H2,1H3,(H,15,18). The van der Waals surface area contributed by atoms with Crippen LogP contribution in [0.15, 0.2) is 18.2 Å². The van der Waals surface area contributed by atoms with E-state index in [1.807, 2.05) is 6.07 Å². The van der Waals surface area contributed by atoms with Crippen molar-refractivity contribution in [3.05, 3.63) is 29.3 Å². The number of unbranched alkanes of at least 4 members (excludes halogenated alkanes) is 1. The molecular weight excluding hydrogens is 228 g/mol. The first kappa shape index (κ1) is 12.7. The van der Waals surface area contributed by atoms with Crippen LogP contribution in [0.1, 0.15) is 30.9 Å². The summed E-state index contributed by atoms with van der Waals surface area (Å²) in [5, 5.41) is 12.4. The maximum absolute atomic E-state index is 11.9. The molecule has 0 atom stereocenters. The Kier molecular flexibility index (Phi) is 4.07. The zero-order chi connectivity index (χ0) is 13.0. The number of hydrogen-bond acceptors (Lipinski definition) is 2.